The molecule has 80 valence electrons. The van der Waals surface area contributed by atoms with Crippen LogP contribution < -0.4 is 5.32 Å². The van der Waals surface area contributed by atoms with Crippen molar-refractivity contribution >= 4 is 5.82 Å². The highest BCUT2D eigenvalue weighted by Crippen LogP contribution is 2.20. The van der Waals surface area contributed by atoms with Crippen LogP contribution in [0.4, 0.5) is 5.82 Å². The molecule has 1 N–H and O–H groups in total. The molecule has 0 aromatic carbocycles. The quantitative estimate of drug-likeness (QED) is 0.816. The summed E-state index contributed by atoms with van der Waals surface area (Å²) in [5.74, 6) is 0.571. The molecule has 15 heavy (non-hydrogen) atoms. The number of nitrogens with zero attached hydrogens (tertiary/aromatic N) is 3. The predicted octanol–water partition coefficient (Wildman–Crippen LogP) is 2.20. The molecule has 0 aliphatic heterocycles. The largest absolute Gasteiger partial charge is 0.367 e. The summed E-state index contributed by atoms with van der Waals surface area (Å²) in [6, 6.07) is 3.75. The lowest BCUT2D eigenvalue weighted by atomic mass is 9.90. The van der Waals surface area contributed by atoms with Gasteiger partial charge in [-0.1, -0.05) is 20.8 Å². The summed E-state index contributed by atoms with van der Waals surface area (Å²) in [5.41, 5.74) is 0.737. The average Bonchev–Trinajstić information content (AvgIpc) is 2.27. The van der Waals surface area contributed by atoms with Gasteiger partial charge in [0.05, 0.1) is 11.8 Å². The molecule has 0 bridgehead atoms. The second-order valence-corrected chi connectivity index (χ2v) is 4.28. The van der Waals surface area contributed by atoms with Crippen LogP contribution in [0.25, 0.3) is 0 Å². The highest BCUT2D eigenvalue weighted by Gasteiger charge is 2.15. The summed E-state index contributed by atoms with van der Waals surface area (Å²) in [6.45, 7) is 7.27. The van der Waals surface area contributed by atoms with Gasteiger partial charge in [-0.3, -0.25) is 0 Å². The van der Waals surface area contributed by atoms with Gasteiger partial charge >= 0.3 is 0 Å². The van der Waals surface area contributed by atoms with Crippen molar-refractivity contribution in [2.45, 2.75) is 27.2 Å². The highest BCUT2D eigenvalue weighted by atomic mass is 15.2. The van der Waals surface area contributed by atoms with Gasteiger partial charge in [-0.15, -0.1) is 5.10 Å². The Balaban J connectivity index is 2.70. The maximum absolute atomic E-state index is 8.85. The van der Waals surface area contributed by atoms with Gasteiger partial charge in [0.15, 0.2) is 5.82 Å². The van der Waals surface area contributed by atoms with E-state index in [4.69, 9.17) is 5.26 Å². The van der Waals surface area contributed by atoms with Crippen LogP contribution in [0.5, 0.6) is 0 Å². The van der Waals surface area contributed by atoms with Gasteiger partial charge in [0.25, 0.3) is 0 Å². The molecule has 0 aliphatic rings. The molecule has 1 aromatic heterocycles. The van der Waals surface area contributed by atoms with Gasteiger partial charge in [-0.25, -0.2) is 0 Å². The first-order valence-electron chi connectivity index (χ1n) is 5.05. The Labute approximate surface area is 90.3 Å². The van der Waals surface area contributed by atoms with E-state index in [2.05, 4.69) is 42.4 Å². The van der Waals surface area contributed by atoms with E-state index in [-0.39, 0.29) is 5.41 Å². The highest BCUT2D eigenvalue weighted by molar-refractivity contribution is 5.50. The fourth-order valence-electron chi connectivity index (χ4n) is 1.00. The van der Waals surface area contributed by atoms with E-state index < -0.39 is 0 Å². The molecule has 0 fully saturated rings. The van der Waals surface area contributed by atoms with Gasteiger partial charge in [0.2, 0.25) is 0 Å². The number of hydrogen-bond donors (Lipinski definition) is 1. The van der Waals surface area contributed by atoms with Gasteiger partial charge in [0.1, 0.15) is 6.07 Å². The van der Waals surface area contributed by atoms with Gasteiger partial charge < -0.3 is 5.32 Å². The maximum Gasteiger partial charge on any atom is 0.166 e. The third kappa shape index (κ3) is 3.21. The lowest BCUT2D eigenvalue weighted by Gasteiger charge is -2.23. The van der Waals surface area contributed by atoms with Crippen molar-refractivity contribution in [3.63, 3.8) is 0 Å². The Morgan fingerprint density at radius 1 is 1.53 bits per heavy atom. The van der Waals surface area contributed by atoms with E-state index in [0.717, 1.165) is 13.0 Å². The van der Waals surface area contributed by atoms with Crippen molar-refractivity contribution in [2.75, 3.05) is 11.9 Å². The topological polar surface area (TPSA) is 61.6 Å². The van der Waals surface area contributed by atoms with E-state index in [9.17, 15) is 0 Å². The molecule has 1 aromatic rings. The molecule has 0 saturated heterocycles. The predicted molar refractivity (Wildman–Crippen MR) is 59.3 cm³/mol. The fraction of sp³-hybridized carbons (Fsp3) is 0.545. The standard InChI is InChI=1S/C11H16N4/c1-4-11(2,3)8-13-10-9(7-12)5-6-14-15-10/h5-6H,4,8H2,1-3H3,(H,13,15). The van der Waals surface area contributed by atoms with E-state index in [1.807, 2.05) is 0 Å². The Morgan fingerprint density at radius 2 is 2.27 bits per heavy atom. The molecule has 1 heterocycles. The van der Waals surface area contributed by atoms with Crippen molar-refractivity contribution in [2.24, 2.45) is 5.41 Å². The molecule has 0 radical (unpaired) electrons. The molecule has 0 aliphatic carbocycles. The zero-order chi connectivity index (χ0) is 11.3. The lowest BCUT2D eigenvalue weighted by molar-refractivity contribution is 0.376. The van der Waals surface area contributed by atoms with Gasteiger partial charge in [-0.2, -0.15) is 10.4 Å². The van der Waals surface area contributed by atoms with Crippen LogP contribution in [0.3, 0.4) is 0 Å². The van der Waals surface area contributed by atoms with Crippen LogP contribution in [0.2, 0.25) is 0 Å². The number of rotatable bonds is 4. The van der Waals surface area contributed by atoms with Crippen LogP contribution in [-0.4, -0.2) is 16.7 Å². The molecule has 4 nitrogen and oxygen atoms in total. The zero-order valence-corrected chi connectivity index (χ0v) is 9.41. The Kier molecular flexibility index (Phi) is 3.62. The molecule has 0 atom stereocenters. The van der Waals surface area contributed by atoms with E-state index in [1.165, 1.54) is 6.20 Å². The molecular formula is C11H16N4. The van der Waals surface area contributed by atoms with E-state index in [1.54, 1.807) is 6.07 Å². The van der Waals surface area contributed by atoms with E-state index in [0.29, 0.717) is 11.4 Å². The minimum absolute atomic E-state index is 0.199. The van der Waals surface area contributed by atoms with Crippen molar-refractivity contribution < 1.29 is 0 Å². The summed E-state index contributed by atoms with van der Waals surface area (Å²) in [6.07, 6.45) is 2.59. The molecule has 0 saturated carbocycles. The minimum Gasteiger partial charge on any atom is -0.367 e. The Hall–Kier alpha value is -1.63. The molecule has 0 spiro atoms. The lowest BCUT2D eigenvalue weighted by Crippen LogP contribution is -2.23. The molecule has 4 heteroatoms. The summed E-state index contributed by atoms with van der Waals surface area (Å²) >= 11 is 0. The first-order valence-corrected chi connectivity index (χ1v) is 5.05. The number of anilines is 1. The van der Waals surface area contributed by atoms with Crippen LogP contribution in [0.15, 0.2) is 12.3 Å². The second-order valence-electron chi connectivity index (χ2n) is 4.28. The summed E-state index contributed by atoms with van der Waals surface area (Å²) < 4.78 is 0. The number of aromatic nitrogens is 2. The average molecular weight is 204 g/mol. The Bertz CT molecular complexity index is 365. The van der Waals surface area contributed by atoms with Crippen LogP contribution >= 0.6 is 0 Å². The van der Waals surface area contributed by atoms with Crippen molar-refractivity contribution in [3.05, 3.63) is 17.8 Å². The first kappa shape index (κ1) is 11.4. The minimum atomic E-state index is 0.199. The molecule has 1 rings (SSSR count). The fourth-order valence-corrected chi connectivity index (χ4v) is 1.00. The smallest absolute Gasteiger partial charge is 0.166 e. The molecular weight excluding hydrogens is 188 g/mol. The van der Waals surface area contributed by atoms with Gasteiger partial charge in [0, 0.05) is 6.54 Å². The third-order valence-electron chi connectivity index (χ3n) is 2.53. The second kappa shape index (κ2) is 4.74. The van der Waals surface area contributed by atoms with Crippen LogP contribution in [0, 0.1) is 16.7 Å². The number of hydrogen-bond acceptors (Lipinski definition) is 4. The number of nitrogens with one attached hydrogen (secondary N) is 1. The van der Waals surface area contributed by atoms with Crippen molar-refractivity contribution in [3.8, 4) is 6.07 Å². The first-order chi connectivity index (χ1) is 7.09. The normalized spacial score (nSPS) is 10.8. The Morgan fingerprint density at radius 3 is 2.87 bits per heavy atom. The molecule has 0 unspecified atom stereocenters. The molecule has 0 amide bonds. The third-order valence-corrected chi connectivity index (χ3v) is 2.53. The SMILES string of the molecule is CCC(C)(C)CNc1nnccc1C#N. The van der Waals surface area contributed by atoms with E-state index >= 15 is 0 Å². The summed E-state index contributed by atoms with van der Waals surface area (Å²) in [7, 11) is 0. The monoisotopic (exact) mass is 204 g/mol. The summed E-state index contributed by atoms with van der Waals surface area (Å²) in [4.78, 5) is 0. The van der Waals surface area contributed by atoms with Crippen LogP contribution in [0.1, 0.15) is 32.8 Å². The van der Waals surface area contributed by atoms with Gasteiger partial charge in [-0.05, 0) is 17.9 Å². The summed E-state index contributed by atoms with van der Waals surface area (Å²) in [5, 5.41) is 19.7. The zero-order valence-electron chi connectivity index (χ0n) is 9.41. The van der Waals surface area contributed by atoms with Crippen molar-refractivity contribution in [1.82, 2.24) is 10.2 Å². The van der Waals surface area contributed by atoms with Crippen LogP contribution in [-0.2, 0) is 0 Å². The van der Waals surface area contributed by atoms with Crippen molar-refractivity contribution in [1.29, 1.82) is 5.26 Å². The number of nitriles is 1. The maximum atomic E-state index is 8.85.